The molecule has 8 heteroatoms. The molecule has 0 aliphatic heterocycles. The molecular formula is C14H23N3O4S. The summed E-state index contributed by atoms with van der Waals surface area (Å²) >= 11 is 0. The second-order valence-electron chi connectivity index (χ2n) is 5.14. The minimum Gasteiger partial charge on any atom is -0.497 e. The first-order chi connectivity index (χ1) is 10.2. The molecule has 124 valence electrons. The highest BCUT2D eigenvalue weighted by Crippen LogP contribution is 2.13. The van der Waals surface area contributed by atoms with E-state index in [2.05, 4.69) is 0 Å². The van der Waals surface area contributed by atoms with E-state index in [4.69, 9.17) is 4.74 Å². The molecule has 0 fully saturated rings. The first-order valence-corrected chi connectivity index (χ1v) is 8.09. The van der Waals surface area contributed by atoms with Crippen molar-refractivity contribution in [3.63, 3.8) is 0 Å². The maximum Gasteiger partial charge on any atom is 0.281 e. The number of amides is 1. The Kier molecular flexibility index (Phi) is 6.34. The molecule has 0 saturated carbocycles. The molecule has 0 saturated heterocycles. The maximum absolute atomic E-state index is 12.1. The molecular weight excluding hydrogens is 306 g/mol. The summed E-state index contributed by atoms with van der Waals surface area (Å²) in [6.45, 7) is 0.200. The summed E-state index contributed by atoms with van der Waals surface area (Å²) in [7, 11) is 3.89. The third-order valence-corrected chi connectivity index (χ3v) is 5.06. The molecule has 1 aromatic rings. The first kappa shape index (κ1) is 18.4. The molecule has 1 aromatic carbocycles. The van der Waals surface area contributed by atoms with Crippen molar-refractivity contribution < 1.29 is 17.9 Å². The van der Waals surface area contributed by atoms with Gasteiger partial charge in [-0.25, -0.2) is 0 Å². The van der Waals surface area contributed by atoms with Crippen LogP contribution < -0.4 is 4.74 Å². The van der Waals surface area contributed by atoms with E-state index in [1.165, 1.54) is 26.0 Å². The standard InChI is InChI=1S/C14H23N3O4S/c1-15(2)22(19,20)17(4)11-14(18)16(3)10-12-6-8-13(21-5)9-7-12/h6-9H,10-11H2,1-5H3. The highest BCUT2D eigenvalue weighted by atomic mass is 32.2. The van der Waals surface area contributed by atoms with Crippen molar-refractivity contribution in [2.24, 2.45) is 0 Å². The lowest BCUT2D eigenvalue weighted by Gasteiger charge is -2.24. The van der Waals surface area contributed by atoms with Crippen LogP contribution in [-0.2, 0) is 21.5 Å². The molecule has 7 nitrogen and oxygen atoms in total. The zero-order valence-electron chi connectivity index (χ0n) is 13.6. The largest absolute Gasteiger partial charge is 0.497 e. The number of benzene rings is 1. The SMILES string of the molecule is COc1ccc(CN(C)C(=O)CN(C)S(=O)(=O)N(C)C)cc1. The van der Waals surface area contributed by atoms with E-state index < -0.39 is 10.2 Å². The molecule has 0 aliphatic carbocycles. The van der Waals surface area contributed by atoms with Crippen LogP contribution in [0.1, 0.15) is 5.56 Å². The lowest BCUT2D eigenvalue weighted by atomic mass is 10.2. The molecule has 0 unspecified atom stereocenters. The zero-order chi connectivity index (χ0) is 16.9. The van der Waals surface area contributed by atoms with Crippen LogP contribution in [0.25, 0.3) is 0 Å². The van der Waals surface area contributed by atoms with Crippen molar-refractivity contribution in [1.29, 1.82) is 0 Å². The lowest BCUT2D eigenvalue weighted by Crippen LogP contribution is -2.43. The zero-order valence-corrected chi connectivity index (χ0v) is 14.4. The molecule has 0 radical (unpaired) electrons. The summed E-state index contributed by atoms with van der Waals surface area (Å²) < 4.78 is 30.9. The van der Waals surface area contributed by atoms with E-state index in [9.17, 15) is 13.2 Å². The van der Waals surface area contributed by atoms with Gasteiger partial charge in [0.25, 0.3) is 10.2 Å². The second-order valence-corrected chi connectivity index (χ2v) is 7.39. The summed E-state index contributed by atoms with van der Waals surface area (Å²) in [5.74, 6) is 0.471. The van der Waals surface area contributed by atoms with E-state index in [-0.39, 0.29) is 12.5 Å². The van der Waals surface area contributed by atoms with Gasteiger partial charge < -0.3 is 9.64 Å². The van der Waals surface area contributed by atoms with Crippen LogP contribution in [0.3, 0.4) is 0 Å². The molecule has 0 atom stereocenters. The number of hydrogen-bond donors (Lipinski definition) is 0. The molecule has 1 rings (SSSR count). The number of likely N-dealkylation sites (N-methyl/N-ethyl adjacent to an activating group) is 2. The third kappa shape index (κ3) is 4.69. The summed E-state index contributed by atoms with van der Waals surface area (Å²) in [4.78, 5) is 13.6. The van der Waals surface area contributed by atoms with Crippen molar-refractivity contribution in [2.45, 2.75) is 6.54 Å². The number of carbonyl (C=O) groups is 1. The van der Waals surface area contributed by atoms with E-state index in [1.807, 2.05) is 24.3 Å². The van der Waals surface area contributed by atoms with Crippen LogP contribution in [0.4, 0.5) is 0 Å². The van der Waals surface area contributed by atoms with Gasteiger partial charge in [0.1, 0.15) is 5.75 Å². The predicted octanol–water partition coefficient (Wildman–Crippen LogP) is 0.392. The Labute approximate surface area is 132 Å². The summed E-state index contributed by atoms with van der Waals surface area (Å²) in [6, 6.07) is 7.36. The summed E-state index contributed by atoms with van der Waals surface area (Å²) in [5.41, 5.74) is 0.940. The Morgan fingerprint density at radius 1 is 1.09 bits per heavy atom. The first-order valence-electron chi connectivity index (χ1n) is 6.69. The fourth-order valence-corrected chi connectivity index (χ4v) is 2.60. The van der Waals surface area contributed by atoms with E-state index in [1.54, 1.807) is 14.2 Å². The number of hydrogen-bond acceptors (Lipinski definition) is 4. The maximum atomic E-state index is 12.1. The Hall–Kier alpha value is -1.64. The average molecular weight is 329 g/mol. The minimum atomic E-state index is -3.58. The van der Waals surface area contributed by atoms with Crippen LogP contribution in [0.2, 0.25) is 0 Å². The van der Waals surface area contributed by atoms with E-state index in [0.717, 1.165) is 19.9 Å². The van der Waals surface area contributed by atoms with Crippen LogP contribution in [-0.4, -0.2) is 69.7 Å². The summed E-state index contributed by atoms with van der Waals surface area (Å²) in [5, 5.41) is 0. The Morgan fingerprint density at radius 3 is 2.09 bits per heavy atom. The highest BCUT2D eigenvalue weighted by molar-refractivity contribution is 7.86. The number of methoxy groups -OCH3 is 1. The topological polar surface area (TPSA) is 70.2 Å². The van der Waals surface area contributed by atoms with Crippen molar-refractivity contribution in [3.05, 3.63) is 29.8 Å². The van der Waals surface area contributed by atoms with Gasteiger partial charge in [-0.1, -0.05) is 12.1 Å². The molecule has 0 bridgehead atoms. The number of ether oxygens (including phenoxy) is 1. The second kappa shape index (κ2) is 7.57. The predicted molar refractivity (Wildman–Crippen MR) is 84.7 cm³/mol. The molecule has 0 heterocycles. The molecule has 0 aliphatic rings. The fourth-order valence-electron chi connectivity index (χ4n) is 1.76. The van der Waals surface area contributed by atoms with Crippen LogP contribution in [0.5, 0.6) is 5.75 Å². The van der Waals surface area contributed by atoms with Crippen molar-refractivity contribution in [2.75, 3.05) is 41.8 Å². The molecule has 1 amide bonds. The highest BCUT2D eigenvalue weighted by Gasteiger charge is 2.24. The number of nitrogens with zero attached hydrogens (tertiary/aromatic N) is 3. The molecule has 0 aromatic heterocycles. The number of rotatable bonds is 7. The molecule has 22 heavy (non-hydrogen) atoms. The van der Waals surface area contributed by atoms with Gasteiger partial charge in [-0.15, -0.1) is 0 Å². The van der Waals surface area contributed by atoms with Gasteiger partial charge in [0, 0.05) is 34.7 Å². The summed E-state index contributed by atoms with van der Waals surface area (Å²) in [6.07, 6.45) is 0. The van der Waals surface area contributed by atoms with Gasteiger partial charge in [0.15, 0.2) is 0 Å². The van der Waals surface area contributed by atoms with E-state index >= 15 is 0 Å². The van der Waals surface area contributed by atoms with Gasteiger partial charge in [-0.2, -0.15) is 17.0 Å². The monoisotopic (exact) mass is 329 g/mol. The van der Waals surface area contributed by atoms with Gasteiger partial charge >= 0.3 is 0 Å². The van der Waals surface area contributed by atoms with E-state index in [0.29, 0.717) is 6.54 Å². The quantitative estimate of drug-likeness (QED) is 0.726. The Balaban J connectivity index is 2.65. The van der Waals surface area contributed by atoms with Crippen molar-refractivity contribution in [3.8, 4) is 5.75 Å². The lowest BCUT2D eigenvalue weighted by molar-refractivity contribution is -0.130. The third-order valence-electron chi connectivity index (χ3n) is 3.22. The smallest absolute Gasteiger partial charge is 0.281 e. The van der Waals surface area contributed by atoms with Crippen molar-refractivity contribution >= 4 is 16.1 Å². The molecule has 0 N–H and O–H groups in total. The molecule has 0 spiro atoms. The van der Waals surface area contributed by atoms with Gasteiger partial charge in [-0.3, -0.25) is 4.79 Å². The van der Waals surface area contributed by atoms with Gasteiger partial charge in [0.05, 0.1) is 13.7 Å². The number of carbonyl (C=O) groups excluding carboxylic acids is 1. The van der Waals surface area contributed by atoms with Gasteiger partial charge in [-0.05, 0) is 17.7 Å². The Morgan fingerprint density at radius 2 is 1.64 bits per heavy atom. The Bertz CT molecular complexity index is 599. The minimum absolute atomic E-state index is 0.201. The van der Waals surface area contributed by atoms with Crippen LogP contribution in [0.15, 0.2) is 24.3 Å². The fraction of sp³-hybridized carbons (Fsp3) is 0.500. The average Bonchev–Trinajstić information content (AvgIpc) is 2.47. The van der Waals surface area contributed by atoms with Gasteiger partial charge in [0.2, 0.25) is 5.91 Å². The normalized spacial score (nSPS) is 11.8. The van der Waals surface area contributed by atoms with Crippen LogP contribution >= 0.6 is 0 Å². The van der Waals surface area contributed by atoms with Crippen molar-refractivity contribution in [1.82, 2.24) is 13.5 Å². The van der Waals surface area contributed by atoms with Crippen LogP contribution in [0, 0.1) is 0 Å².